The highest BCUT2D eigenvalue weighted by Gasteiger charge is 2.45. The van der Waals surface area contributed by atoms with E-state index in [-0.39, 0.29) is 11.6 Å². The van der Waals surface area contributed by atoms with Crippen LogP contribution in [-0.2, 0) is 0 Å². The Bertz CT molecular complexity index is 273. The molecule has 0 spiro atoms. The Kier molecular flexibility index (Phi) is 5.00. The van der Waals surface area contributed by atoms with E-state index >= 15 is 0 Å². The Balaban J connectivity index is 2.75. The maximum absolute atomic E-state index is 13.2. The number of nitrogens with zero attached hydrogens (tertiary/aromatic N) is 1. The van der Waals surface area contributed by atoms with E-state index in [0.29, 0.717) is 19.5 Å². The number of piperazine rings is 1. The summed E-state index contributed by atoms with van der Waals surface area (Å²) in [5, 5.41) is 3.32. The largest absolute Gasteiger partial charge is 0.319 e. The summed E-state index contributed by atoms with van der Waals surface area (Å²) >= 11 is 0. The van der Waals surface area contributed by atoms with Gasteiger partial charge in [-0.15, -0.1) is 0 Å². The fraction of sp³-hybridized carbons (Fsp3) is 1.00. The number of rotatable bonds is 5. The summed E-state index contributed by atoms with van der Waals surface area (Å²) in [6.07, 6.45) is -2.15. The van der Waals surface area contributed by atoms with Crippen LogP contribution in [0.2, 0.25) is 0 Å². The summed E-state index contributed by atoms with van der Waals surface area (Å²) in [5.74, 6) is -3.93. The van der Waals surface area contributed by atoms with Gasteiger partial charge in [0.15, 0.2) is 0 Å². The summed E-state index contributed by atoms with van der Waals surface area (Å²) in [7, 11) is 0. The molecule has 1 saturated heterocycles. The summed E-state index contributed by atoms with van der Waals surface area (Å²) < 4.78 is 50.9. The highest BCUT2D eigenvalue weighted by atomic mass is 19.3. The van der Waals surface area contributed by atoms with E-state index in [9.17, 15) is 17.6 Å². The molecule has 0 bridgehead atoms. The summed E-state index contributed by atoms with van der Waals surface area (Å²) in [5.41, 5.74) is -0.274. The van der Waals surface area contributed by atoms with Crippen molar-refractivity contribution >= 4 is 0 Å². The van der Waals surface area contributed by atoms with Crippen LogP contribution in [0.3, 0.4) is 0 Å². The molecule has 108 valence electrons. The topological polar surface area (TPSA) is 15.3 Å². The van der Waals surface area contributed by atoms with E-state index in [1.165, 1.54) is 4.90 Å². The maximum atomic E-state index is 13.2. The first-order valence-corrected chi connectivity index (χ1v) is 6.39. The summed E-state index contributed by atoms with van der Waals surface area (Å²) in [6.45, 7) is 5.87. The second kappa shape index (κ2) is 5.74. The quantitative estimate of drug-likeness (QED) is 0.773. The zero-order valence-electron chi connectivity index (χ0n) is 11.1. The van der Waals surface area contributed by atoms with Crippen LogP contribution in [0.1, 0.15) is 33.6 Å². The first-order valence-electron chi connectivity index (χ1n) is 6.39. The second-order valence-electron chi connectivity index (χ2n) is 5.32. The van der Waals surface area contributed by atoms with Gasteiger partial charge in [-0.3, -0.25) is 4.90 Å². The number of alkyl halides is 4. The molecule has 1 aliphatic heterocycles. The van der Waals surface area contributed by atoms with E-state index in [0.717, 1.165) is 6.42 Å². The normalized spacial score (nSPS) is 31.0. The van der Waals surface area contributed by atoms with Crippen LogP contribution in [-0.4, -0.2) is 48.5 Å². The van der Waals surface area contributed by atoms with Crippen molar-refractivity contribution in [1.82, 2.24) is 10.2 Å². The zero-order chi connectivity index (χ0) is 14.0. The molecule has 6 heteroatoms. The molecule has 2 nitrogen and oxygen atoms in total. The number of halogens is 4. The molecule has 0 aromatic rings. The Hall–Kier alpha value is -0.360. The van der Waals surface area contributed by atoms with Crippen LogP contribution in [0.4, 0.5) is 17.6 Å². The molecule has 0 aliphatic carbocycles. The molecule has 1 heterocycles. The van der Waals surface area contributed by atoms with Crippen molar-refractivity contribution in [1.29, 1.82) is 0 Å². The first kappa shape index (κ1) is 15.7. The van der Waals surface area contributed by atoms with Gasteiger partial charge in [-0.25, -0.2) is 8.78 Å². The standard InChI is InChI=1S/C12H22F4N2/c1-4-9-6-17-11(3,5-2)7-18(9)8-12(15,16)10(13)14/h9-10,17H,4-8H2,1-3H3. The molecule has 0 radical (unpaired) electrons. The molecule has 0 aromatic heterocycles. The van der Waals surface area contributed by atoms with E-state index < -0.39 is 18.9 Å². The van der Waals surface area contributed by atoms with Gasteiger partial charge in [0, 0.05) is 24.7 Å². The molecule has 0 aromatic carbocycles. The van der Waals surface area contributed by atoms with Gasteiger partial charge in [-0.05, 0) is 19.8 Å². The van der Waals surface area contributed by atoms with Crippen LogP contribution in [0.25, 0.3) is 0 Å². The van der Waals surface area contributed by atoms with Crippen molar-refractivity contribution in [3.8, 4) is 0 Å². The van der Waals surface area contributed by atoms with Crippen LogP contribution < -0.4 is 5.32 Å². The predicted molar refractivity (Wildman–Crippen MR) is 63.3 cm³/mol. The van der Waals surface area contributed by atoms with Crippen LogP contribution in [0.5, 0.6) is 0 Å². The SMILES string of the molecule is CCC1CNC(C)(CC)CN1CC(F)(F)C(F)F. The van der Waals surface area contributed by atoms with Gasteiger partial charge < -0.3 is 5.32 Å². The van der Waals surface area contributed by atoms with Crippen molar-refractivity contribution in [3.05, 3.63) is 0 Å². The van der Waals surface area contributed by atoms with Gasteiger partial charge in [0.25, 0.3) is 0 Å². The third-order valence-electron chi connectivity index (χ3n) is 3.82. The summed E-state index contributed by atoms with van der Waals surface area (Å²) in [4.78, 5) is 1.51. The number of nitrogens with one attached hydrogen (secondary N) is 1. The van der Waals surface area contributed by atoms with Gasteiger partial charge >= 0.3 is 12.3 Å². The lowest BCUT2D eigenvalue weighted by molar-refractivity contribution is -0.151. The monoisotopic (exact) mass is 270 g/mol. The Morgan fingerprint density at radius 1 is 1.39 bits per heavy atom. The fourth-order valence-electron chi connectivity index (χ4n) is 2.29. The number of hydrogen-bond acceptors (Lipinski definition) is 2. The van der Waals surface area contributed by atoms with Gasteiger partial charge in [0.1, 0.15) is 0 Å². The minimum atomic E-state index is -3.93. The third-order valence-corrected chi connectivity index (χ3v) is 3.82. The van der Waals surface area contributed by atoms with Crippen molar-refractivity contribution < 1.29 is 17.6 Å². The fourth-order valence-corrected chi connectivity index (χ4v) is 2.29. The summed E-state index contributed by atoms with van der Waals surface area (Å²) in [6, 6.07) is -0.103. The lowest BCUT2D eigenvalue weighted by atomic mass is 9.92. The van der Waals surface area contributed by atoms with E-state index in [1.54, 1.807) is 0 Å². The third kappa shape index (κ3) is 3.57. The molecular weight excluding hydrogens is 248 g/mol. The predicted octanol–water partition coefficient (Wildman–Crippen LogP) is 2.74. The van der Waals surface area contributed by atoms with Gasteiger partial charge in [-0.1, -0.05) is 13.8 Å². The van der Waals surface area contributed by atoms with Crippen molar-refractivity contribution in [2.45, 2.75) is 57.5 Å². The van der Waals surface area contributed by atoms with E-state index in [4.69, 9.17) is 0 Å². The van der Waals surface area contributed by atoms with Crippen molar-refractivity contribution in [3.63, 3.8) is 0 Å². The Morgan fingerprint density at radius 2 is 2.00 bits per heavy atom. The molecule has 0 saturated carbocycles. The lowest BCUT2D eigenvalue weighted by Crippen LogP contribution is -2.64. The minimum absolute atomic E-state index is 0.103. The van der Waals surface area contributed by atoms with Crippen molar-refractivity contribution in [2.75, 3.05) is 19.6 Å². The van der Waals surface area contributed by atoms with Crippen LogP contribution in [0, 0.1) is 0 Å². The maximum Gasteiger partial charge on any atom is 0.319 e. The van der Waals surface area contributed by atoms with Gasteiger partial charge in [0.2, 0.25) is 0 Å². The second-order valence-corrected chi connectivity index (χ2v) is 5.32. The molecule has 1 aliphatic rings. The average molecular weight is 270 g/mol. The van der Waals surface area contributed by atoms with Crippen molar-refractivity contribution in [2.24, 2.45) is 0 Å². The molecule has 1 N–H and O–H groups in total. The zero-order valence-corrected chi connectivity index (χ0v) is 11.1. The molecule has 2 unspecified atom stereocenters. The minimum Gasteiger partial charge on any atom is -0.309 e. The lowest BCUT2D eigenvalue weighted by Gasteiger charge is -2.46. The molecule has 2 atom stereocenters. The number of hydrogen-bond donors (Lipinski definition) is 1. The molecule has 18 heavy (non-hydrogen) atoms. The molecule has 1 fully saturated rings. The smallest absolute Gasteiger partial charge is 0.309 e. The van der Waals surface area contributed by atoms with E-state index in [1.807, 2.05) is 20.8 Å². The molecule has 1 rings (SSSR count). The van der Waals surface area contributed by atoms with Gasteiger partial charge in [0.05, 0.1) is 6.54 Å². The highest BCUT2D eigenvalue weighted by Crippen LogP contribution is 2.28. The van der Waals surface area contributed by atoms with Gasteiger partial charge in [-0.2, -0.15) is 8.78 Å². The Labute approximate surface area is 106 Å². The van der Waals surface area contributed by atoms with Crippen LogP contribution >= 0.6 is 0 Å². The Morgan fingerprint density at radius 3 is 2.44 bits per heavy atom. The average Bonchev–Trinajstić information content (AvgIpc) is 2.29. The van der Waals surface area contributed by atoms with Crippen LogP contribution in [0.15, 0.2) is 0 Å². The first-order chi connectivity index (χ1) is 8.24. The highest BCUT2D eigenvalue weighted by molar-refractivity contribution is 4.95. The molecule has 0 amide bonds. The van der Waals surface area contributed by atoms with E-state index in [2.05, 4.69) is 5.32 Å². The molecular formula is C12H22F4N2.